The molecule has 13 heavy (non-hydrogen) atoms. The molecule has 0 amide bonds. The lowest BCUT2D eigenvalue weighted by molar-refractivity contribution is -0.00000281. The van der Waals surface area contributed by atoms with Gasteiger partial charge in [-0.2, -0.15) is 0 Å². The quantitative estimate of drug-likeness (QED) is 0.548. The zero-order valence-electron chi connectivity index (χ0n) is 9.45. The van der Waals surface area contributed by atoms with Crippen molar-refractivity contribution < 1.29 is 17.0 Å². The van der Waals surface area contributed by atoms with Crippen molar-refractivity contribution in [1.29, 1.82) is 0 Å². The first-order chi connectivity index (χ1) is 5.91. The van der Waals surface area contributed by atoms with Crippen molar-refractivity contribution in [3.8, 4) is 0 Å². The van der Waals surface area contributed by atoms with Crippen LogP contribution in [0.1, 0.15) is 78.1 Å². The Morgan fingerprint density at radius 3 is 0.923 bits per heavy atom. The van der Waals surface area contributed by atoms with Crippen LogP contribution in [0.3, 0.4) is 0 Å². The van der Waals surface area contributed by atoms with E-state index in [1.807, 2.05) is 0 Å². The molecule has 0 saturated heterocycles. The SMILES string of the molecule is CCCCCCCCCCCC.[Br-]. The van der Waals surface area contributed by atoms with Gasteiger partial charge in [0.05, 0.1) is 0 Å². The van der Waals surface area contributed by atoms with Crippen LogP contribution in [0.25, 0.3) is 0 Å². The average Bonchev–Trinajstić information content (AvgIpc) is 2.10. The normalized spacial score (nSPS) is 9.69. The first-order valence-corrected chi connectivity index (χ1v) is 5.91. The van der Waals surface area contributed by atoms with Crippen LogP contribution in [-0.2, 0) is 0 Å². The molecule has 0 saturated carbocycles. The highest BCUT2D eigenvalue weighted by atomic mass is 79.9. The third-order valence-electron chi connectivity index (χ3n) is 2.46. The van der Waals surface area contributed by atoms with Crippen LogP contribution in [0.4, 0.5) is 0 Å². The molecule has 0 aliphatic heterocycles. The summed E-state index contributed by atoms with van der Waals surface area (Å²) in [5.41, 5.74) is 0. The Balaban J connectivity index is 0. The number of rotatable bonds is 9. The molecule has 0 aromatic carbocycles. The molecule has 0 aliphatic carbocycles. The predicted molar refractivity (Wildman–Crippen MR) is 57.5 cm³/mol. The van der Waals surface area contributed by atoms with Crippen LogP contribution >= 0.6 is 0 Å². The minimum Gasteiger partial charge on any atom is -1.00 e. The van der Waals surface area contributed by atoms with Gasteiger partial charge >= 0.3 is 0 Å². The Kier molecular flexibility index (Phi) is 18.4. The van der Waals surface area contributed by atoms with Gasteiger partial charge in [0.2, 0.25) is 0 Å². The van der Waals surface area contributed by atoms with Crippen LogP contribution in [-0.4, -0.2) is 0 Å². The zero-order chi connectivity index (χ0) is 9.07. The molecule has 0 fully saturated rings. The standard InChI is InChI=1S/C12H26.BrH/c1-3-5-7-9-11-12-10-8-6-4-2;/h3-12H2,1-2H3;1H/p-1. The van der Waals surface area contributed by atoms with Crippen molar-refractivity contribution in [2.45, 2.75) is 78.1 Å². The Bertz CT molecular complexity index is 61.5. The van der Waals surface area contributed by atoms with E-state index >= 15 is 0 Å². The van der Waals surface area contributed by atoms with Gasteiger partial charge in [-0.1, -0.05) is 78.1 Å². The first kappa shape index (κ1) is 15.9. The van der Waals surface area contributed by atoms with Gasteiger partial charge in [-0.05, 0) is 0 Å². The molecule has 1 heteroatoms. The van der Waals surface area contributed by atoms with Gasteiger partial charge in [0.1, 0.15) is 0 Å². The van der Waals surface area contributed by atoms with Crippen LogP contribution in [0.5, 0.6) is 0 Å². The molecule has 0 aromatic heterocycles. The topological polar surface area (TPSA) is 0 Å². The van der Waals surface area contributed by atoms with Gasteiger partial charge < -0.3 is 17.0 Å². The molecule has 0 nitrogen and oxygen atoms in total. The third-order valence-corrected chi connectivity index (χ3v) is 2.46. The average molecular weight is 250 g/mol. The van der Waals surface area contributed by atoms with E-state index in [0.717, 1.165) is 0 Å². The molecule has 0 heterocycles. The second-order valence-corrected chi connectivity index (χ2v) is 3.83. The first-order valence-electron chi connectivity index (χ1n) is 5.91. The predicted octanol–water partition coefficient (Wildman–Crippen LogP) is 1.93. The molecule has 0 rings (SSSR count). The summed E-state index contributed by atoms with van der Waals surface area (Å²) >= 11 is 0. The van der Waals surface area contributed by atoms with E-state index in [9.17, 15) is 0 Å². The third kappa shape index (κ3) is 15.3. The Morgan fingerprint density at radius 1 is 0.462 bits per heavy atom. The number of hydrogen-bond acceptors (Lipinski definition) is 0. The second kappa shape index (κ2) is 15.0. The van der Waals surface area contributed by atoms with Crippen molar-refractivity contribution in [3.63, 3.8) is 0 Å². The van der Waals surface area contributed by atoms with Crippen molar-refractivity contribution >= 4 is 0 Å². The summed E-state index contributed by atoms with van der Waals surface area (Å²) in [6, 6.07) is 0. The van der Waals surface area contributed by atoms with E-state index in [1.54, 1.807) is 0 Å². The molecule has 0 bridgehead atoms. The minimum atomic E-state index is 0. The van der Waals surface area contributed by atoms with Gasteiger partial charge in [-0.15, -0.1) is 0 Å². The molecule has 0 N–H and O–H groups in total. The highest BCUT2D eigenvalue weighted by Crippen LogP contribution is 2.09. The van der Waals surface area contributed by atoms with E-state index in [4.69, 9.17) is 0 Å². The van der Waals surface area contributed by atoms with Gasteiger partial charge in [0.25, 0.3) is 0 Å². The van der Waals surface area contributed by atoms with Crippen LogP contribution in [0, 0.1) is 0 Å². The van der Waals surface area contributed by atoms with Crippen molar-refractivity contribution in [3.05, 3.63) is 0 Å². The summed E-state index contributed by atoms with van der Waals surface area (Å²) in [5, 5.41) is 0. The fourth-order valence-electron chi connectivity index (χ4n) is 1.56. The molecular weight excluding hydrogens is 224 g/mol. The van der Waals surface area contributed by atoms with E-state index in [0.29, 0.717) is 0 Å². The maximum Gasteiger partial charge on any atom is -0.0533 e. The monoisotopic (exact) mass is 249 g/mol. The van der Waals surface area contributed by atoms with E-state index < -0.39 is 0 Å². The van der Waals surface area contributed by atoms with E-state index in [2.05, 4.69) is 13.8 Å². The molecular formula is C12H26Br-. The highest BCUT2D eigenvalue weighted by Gasteiger charge is 1.90. The summed E-state index contributed by atoms with van der Waals surface area (Å²) in [5.74, 6) is 0. The maximum atomic E-state index is 2.28. The van der Waals surface area contributed by atoms with Gasteiger partial charge in [0, 0.05) is 0 Å². The van der Waals surface area contributed by atoms with Crippen molar-refractivity contribution in [1.82, 2.24) is 0 Å². The molecule has 82 valence electrons. The van der Waals surface area contributed by atoms with Crippen LogP contribution in [0.15, 0.2) is 0 Å². The highest BCUT2D eigenvalue weighted by molar-refractivity contribution is 4.45. The summed E-state index contributed by atoms with van der Waals surface area (Å²) in [4.78, 5) is 0. The molecule has 0 atom stereocenters. The summed E-state index contributed by atoms with van der Waals surface area (Å²) in [6.07, 6.45) is 14.4. The van der Waals surface area contributed by atoms with Gasteiger partial charge in [-0.3, -0.25) is 0 Å². The van der Waals surface area contributed by atoms with Crippen molar-refractivity contribution in [2.75, 3.05) is 0 Å². The smallest absolute Gasteiger partial charge is 0.0533 e. The summed E-state index contributed by atoms with van der Waals surface area (Å²) < 4.78 is 0. The lowest BCUT2D eigenvalue weighted by atomic mass is 10.1. The van der Waals surface area contributed by atoms with Crippen molar-refractivity contribution in [2.24, 2.45) is 0 Å². The van der Waals surface area contributed by atoms with Gasteiger partial charge in [-0.25, -0.2) is 0 Å². The van der Waals surface area contributed by atoms with E-state index in [1.165, 1.54) is 64.2 Å². The maximum absolute atomic E-state index is 2.28. The second-order valence-electron chi connectivity index (χ2n) is 3.83. The van der Waals surface area contributed by atoms with Gasteiger partial charge in [0.15, 0.2) is 0 Å². The number of halogens is 1. The fourth-order valence-corrected chi connectivity index (χ4v) is 1.56. The molecule has 0 radical (unpaired) electrons. The number of unbranched alkanes of at least 4 members (excludes halogenated alkanes) is 9. The summed E-state index contributed by atoms with van der Waals surface area (Å²) in [6.45, 7) is 4.56. The fraction of sp³-hybridized carbons (Fsp3) is 1.00. The lowest BCUT2D eigenvalue weighted by Gasteiger charge is -1.99. The Hall–Kier alpha value is 0.480. The van der Waals surface area contributed by atoms with E-state index in [-0.39, 0.29) is 17.0 Å². The molecule has 0 unspecified atom stereocenters. The molecule has 0 aromatic rings. The Morgan fingerprint density at radius 2 is 0.692 bits per heavy atom. The number of hydrogen-bond donors (Lipinski definition) is 0. The zero-order valence-corrected chi connectivity index (χ0v) is 11.0. The molecule has 0 aliphatic rings. The lowest BCUT2D eigenvalue weighted by Crippen LogP contribution is -3.00. The minimum absolute atomic E-state index is 0. The van der Waals surface area contributed by atoms with Crippen LogP contribution in [0.2, 0.25) is 0 Å². The summed E-state index contributed by atoms with van der Waals surface area (Å²) in [7, 11) is 0. The van der Waals surface area contributed by atoms with Crippen LogP contribution < -0.4 is 17.0 Å². The largest absolute Gasteiger partial charge is 1.00 e. The molecule has 0 spiro atoms. The Labute approximate surface area is 95.3 Å².